The molecule has 3 aromatic rings. The molecule has 0 aliphatic carbocycles. The van der Waals surface area contributed by atoms with E-state index in [1.807, 2.05) is 12.1 Å². The minimum Gasteiger partial charge on any atom is -0.396 e. The molecule has 6 heteroatoms. The maximum atomic E-state index is 6.20. The largest absolute Gasteiger partial charge is 0.396 e. The molecule has 0 saturated heterocycles. The lowest BCUT2D eigenvalue weighted by molar-refractivity contribution is 0.884. The number of hydrogen-bond acceptors (Lipinski definition) is 2. The molecule has 0 radical (unpaired) electrons. The summed E-state index contributed by atoms with van der Waals surface area (Å²) in [6.45, 7) is 0. The van der Waals surface area contributed by atoms with Crippen molar-refractivity contribution in [2.75, 3.05) is 5.73 Å². The van der Waals surface area contributed by atoms with Gasteiger partial charge in [-0.2, -0.15) is 5.10 Å². The molecular formula is C15H10Cl3N3. The number of nitrogens with zero attached hydrogens (tertiary/aromatic N) is 2. The third-order valence-corrected chi connectivity index (χ3v) is 3.80. The van der Waals surface area contributed by atoms with E-state index in [-0.39, 0.29) is 0 Å². The van der Waals surface area contributed by atoms with Crippen LogP contribution in [0.2, 0.25) is 15.1 Å². The van der Waals surface area contributed by atoms with Crippen LogP contribution in [0.3, 0.4) is 0 Å². The van der Waals surface area contributed by atoms with Crippen LogP contribution < -0.4 is 5.73 Å². The molecule has 1 aromatic heterocycles. The first kappa shape index (κ1) is 14.3. The Hall–Kier alpha value is -1.68. The van der Waals surface area contributed by atoms with Crippen molar-refractivity contribution in [3.05, 3.63) is 63.7 Å². The number of nitrogens with two attached hydrogens (primary N) is 1. The standard InChI is InChI=1S/C15H10Cl3N3/c16-9-2-1-3-11(6-9)21-8-14(19)15(20-21)12-7-10(17)4-5-13(12)18/h1-8H,19H2. The maximum absolute atomic E-state index is 6.20. The predicted octanol–water partition coefficient (Wildman–Crippen LogP) is 5.08. The van der Waals surface area contributed by atoms with Crippen LogP contribution in [0.4, 0.5) is 5.69 Å². The van der Waals surface area contributed by atoms with E-state index in [0.717, 1.165) is 5.69 Å². The van der Waals surface area contributed by atoms with Gasteiger partial charge in [0.25, 0.3) is 0 Å². The normalized spacial score (nSPS) is 10.8. The van der Waals surface area contributed by atoms with E-state index in [2.05, 4.69) is 5.10 Å². The zero-order chi connectivity index (χ0) is 15.0. The molecule has 0 unspecified atom stereocenters. The fourth-order valence-corrected chi connectivity index (χ4v) is 2.59. The van der Waals surface area contributed by atoms with Crippen molar-refractivity contribution >= 4 is 40.5 Å². The van der Waals surface area contributed by atoms with Crippen LogP contribution in [-0.2, 0) is 0 Å². The van der Waals surface area contributed by atoms with Gasteiger partial charge >= 0.3 is 0 Å². The number of halogens is 3. The minimum atomic E-state index is 0.513. The third-order valence-electron chi connectivity index (χ3n) is 3.00. The van der Waals surface area contributed by atoms with E-state index in [4.69, 9.17) is 40.5 Å². The second-order valence-electron chi connectivity index (χ2n) is 4.48. The number of aromatic nitrogens is 2. The molecule has 0 fully saturated rings. The molecular weight excluding hydrogens is 329 g/mol. The van der Waals surface area contributed by atoms with Gasteiger partial charge < -0.3 is 5.73 Å². The number of benzene rings is 2. The average molecular weight is 339 g/mol. The highest BCUT2D eigenvalue weighted by Crippen LogP contribution is 2.33. The van der Waals surface area contributed by atoms with Crippen molar-refractivity contribution in [3.63, 3.8) is 0 Å². The van der Waals surface area contributed by atoms with E-state index >= 15 is 0 Å². The van der Waals surface area contributed by atoms with E-state index in [9.17, 15) is 0 Å². The van der Waals surface area contributed by atoms with Gasteiger partial charge in [0.2, 0.25) is 0 Å². The molecule has 3 nitrogen and oxygen atoms in total. The Labute approximate surface area is 136 Å². The highest BCUT2D eigenvalue weighted by Gasteiger charge is 2.13. The van der Waals surface area contributed by atoms with E-state index in [0.29, 0.717) is 32.0 Å². The molecule has 0 atom stereocenters. The van der Waals surface area contributed by atoms with Gasteiger partial charge in [0.05, 0.1) is 22.6 Å². The zero-order valence-corrected chi connectivity index (χ0v) is 13.0. The van der Waals surface area contributed by atoms with Crippen molar-refractivity contribution in [1.29, 1.82) is 0 Å². The summed E-state index contributed by atoms with van der Waals surface area (Å²) in [7, 11) is 0. The van der Waals surface area contributed by atoms with Crippen molar-refractivity contribution in [3.8, 4) is 16.9 Å². The number of nitrogen functional groups attached to an aromatic ring is 1. The molecule has 3 rings (SSSR count). The molecule has 0 spiro atoms. The smallest absolute Gasteiger partial charge is 0.117 e. The predicted molar refractivity (Wildman–Crippen MR) is 88.4 cm³/mol. The lowest BCUT2D eigenvalue weighted by atomic mass is 10.1. The molecule has 2 aromatic carbocycles. The summed E-state index contributed by atoms with van der Waals surface area (Å²) in [5.74, 6) is 0. The fraction of sp³-hybridized carbons (Fsp3) is 0. The lowest BCUT2D eigenvalue weighted by Gasteiger charge is -2.03. The van der Waals surface area contributed by atoms with Crippen LogP contribution in [0.5, 0.6) is 0 Å². The van der Waals surface area contributed by atoms with Gasteiger partial charge in [0, 0.05) is 15.6 Å². The van der Waals surface area contributed by atoms with Gasteiger partial charge in [-0.3, -0.25) is 0 Å². The van der Waals surface area contributed by atoms with Crippen LogP contribution in [0.1, 0.15) is 0 Å². The first-order valence-electron chi connectivity index (χ1n) is 6.11. The first-order chi connectivity index (χ1) is 10.0. The molecule has 0 saturated carbocycles. The van der Waals surface area contributed by atoms with E-state index in [1.165, 1.54) is 0 Å². The Morgan fingerprint density at radius 3 is 2.48 bits per heavy atom. The summed E-state index contributed by atoms with van der Waals surface area (Å²) in [6, 6.07) is 12.5. The third kappa shape index (κ3) is 2.86. The van der Waals surface area contributed by atoms with Gasteiger partial charge in [-0.1, -0.05) is 40.9 Å². The molecule has 2 N–H and O–H groups in total. The summed E-state index contributed by atoms with van der Waals surface area (Å²) in [6.07, 6.45) is 1.72. The monoisotopic (exact) mass is 337 g/mol. The van der Waals surface area contributed by atoms with Crippen LogP contribution >= 0.6 is 34.8 Å². The summed E-state index contributed by atoms with van der Waals surface area (Å²) in [5, 5.41) is 6.23. The van der Waals surface area contributed by atoms with Crippen molar-refractivity contribution in [2.24, 2.45) is 0 Å². The molecule has 0 bridgehead atoms. The molecule has 0 aliphatic heterocycles. The second-order valence-corrected chi connectivity index (χ2v) is 5.76. The summed E-state index contributed by atoms with van der Waals surface area (Å²) < 4.78 is 1.66. The summed E-state index contributed by atoms with van der Waals surface area (Å²) >= 11 is 18.2. The number of anilines is 1. The minimum absolute atomic E-state index is 0.513. The van der Waals surface area contributed by atoms with Crippen LogP contribution in [-0.4, -0.2) is 9.78 Å². The quantitative estimate of drug-likeness (QED) is 0.708. The van der Waals surface area contributed by atoms with Gasteiger partial charge in [0.15, 0.2) is 0 Å². The number of hydrogen-bond donors (Lipinski definition) is 1. The SMILES string of the molecule is Nc1cn(-c2cccc(Cl)c2)nc1-c1cc(Cl)ccc1Cl. The Morgan fingerprint density at radius 2 is 1.71 bits per heavy atom. The summed E-state index contributed by atoms with van der Waals surface area (Å²) in [5.41, 5.74) is 8.66. The summed E-state index contributed by atoms with van der Waals surface area (Å²) in [4.78, 5) is 0. The maximum Gasteiger partial charge on any atom is 0.117 e. The lowest BCUT2D eigenvalue weighted by Crippen LogP contribution is -1.94. The van der Waals surface area contributed by atoms with Crippen molar-refractivity contribution in [1.82, 2.24) is 9.78 Å². The Bertz CT molecular complexity index is 812. The Kier molecular flexibility index (Phi) is 3.81. The van der Waals surface area contributed by atoms with Gasteiger partial charge in [-0.25, -0.2) is 4.68 Å². The number of rotatable bonds is 2. The van der Waals surface area contributed by atoms with Crippen LogP contribution in [0, 0.1) is 0 Å². The second kappa shape index (κ2) is 5.60. The molecule has 21 heavy (non-hydrogen) atoms. The van der Waals surface area contributed by atoms with Gasteiger partial charge in [-0.05, 0) is 36.4 Å². The zero-order valence-electron chi connectivity index (χ0n) is 10.7. The van der Waals surface area contributed by atoms with Gasteiger partial charge in [-0.15, -0.1) is 0 Å². The first-order valence-corrected chi connectivity index (χ1v) is 7.24. The van der Waals surface area contributed by atoms with Crippen molar-refractivity contribution in [2.45, 2.75) is 0 Å². The van der Waals surface area contributed by atoms with Gasteiger partial charge in [0.1, 0.15) is 5.69 Å². The molecule has 106 valence electrons. The Morgan fingerprint density at radius 1 is 0.952 bits per heavy atom. The van der Waals surface area contributed by atoms with Crippen molar-refractivity contribution < 1.29 is 0 Å². The van der Waals surface area contributed by atoms with Crippen LogP contribution in [0.15, 0.2) is 48.7 Å². The highest BCUT2D eigenvalue weighted by molar-refractivity contribution is 6.35. The topological polar surface area (TPSA) is 43.8 Å². The highest BCUT2D eigenvalue weighted by atomic mass is 35.5. The van der Waals surface area contributed by atoms with E-state index in [1.54, 1.807) is 41.2 Å². The average Bonchev–Trinajstić information content (AvgIpc) is 2.83. The Balaban J connectivity index is 2.12. The molecule has 0 aliphatic rings. The molecule has 1 heterocycles. The van der Waals surface area contributed by atoms with E-state index < -0.39 is 0 Å². The molecule has 0 amide bonds. The fourth-order valence-electron chi connectivity index (χ4n) is 2.03. The van der Waals surface area contributed by atoms with Crippen LogP contribution in [0.25, 0.3) is 16.9 Å².